The van der Waals surface area contributed by atoms with Crippen LogP contribution in [0.1, 0.15) is 45.7 Å². The van der Waals surface area contributed by atoms with Gasteiger partial charge in [-0.05, 0) is 44.9 Å². The molecular weight excluding hydrogens is 238 g/mol. The van der Waals surface area contributed by atoms with Crippen LogP contribution in [0.2, 0.25) is 5.02 Å². The molecule has 1 N–H and O–H groups in total. The summed E-state index contributed by atoms with van der Waals surface area (Å²) in [6, 6.07) is 8.43. The normalized spacial score (nSPS) is 13.8. The lowest BCUT2D eigenvalue weighted by atomic mass is 10.1. The highest BCUT2D eigenvalue weighted by Gasteiger charge is 2.15. The summed E-state index contributed by atoms with van der Waals surface area (Å²) in [6.45, 7) is 8.79. The zero-order valence-corrected chi connectivity index (χ0v) is 12.0. The fourth-order valence-electron chi connectivity index (χ4n) is 1.36. The van der Waals surface area contributed by atoms with Gasteiger partial charge >= 0.3 is 0 Å². The lowest BCUT2D eigenvalue weighted by molar-refractivity contribution is 0.642. The summed E-state index contributed by atoms with van der Waals surface area (Å²) in [4.78, 5) is 0. The Bertz CT molecular complexity index is 333. The van der Waals surface area contributed by atoms with E-state index in [1.165, 1.54) is 5.56 Å². The highest BCUT2D eigenvalue weighted by Crippen LogP contribution is 2.27. The second-order valence-corrected chi connectivity index (χ2v) is 6.95. The van der Waals surface area contributed by atoms with Gasteiger partial charge in [-0.1, -0.05) is 42.6 Å². The first kappa shape index (κ1) is 13.9. The van der Waals surface area contributed by atoms with Crippen LogP contribution in [0.3, 0.4) is 0 Å². The Morgan fingerprint density at radius 1 is 1.38 bits per heavy atom. The van der Waals surface area contributed by atoms with Gasteiger partial charge in [-0.25, -0.2) is 0 Å². The molecule has 0 fully saturated rings. The molecular formula is C13H20ClNS. The van der Waals surface area contributed by atoms with Gasteiger partial charge in [0.05, 0.1) is 0 Å². The number of benzene rings is 1. The number of rotatable bonds is 4. The summed E-state index contributed by atoms with van der Waals surface area (Å²) in [7, 11) is 0. The third-order valence-corrected chi connectivity index (χ3v) is 3.42. The van der Waals surface area contributed by atoms with Crippen molar-refractivity contribution in [3.63, 3.8) is 0 Å². The number of nitrogens with one attached hydrogen (secondary N) is 1. The molecule has 90 valence electrons. The van der Waals surface area contributed by atoms with Gasteiger partial charge in [-0.2, -0.15) is 0 Å². The molecule has 0 aliphatic rings. The van der Waals surface area contributed by atoms with E-state index < -0.39 is 0 Å². The Balaban J connectivity index is 2.68. The lowest BCUT2D eigenvalue weighted by Gasteiger charge is -2.23. The van der Waals surface area contributed by atoms with E-state index in [-0.39, 0.29) is 4.75 Å². The molecule has 0 saturated carbocycles. The molecule has 0 spiro atoms. The van der Waals surface area contributed by atoms with E-state index in [0.717, 1.165) is 11.4 Å². The molecule has 1 aromatic rings. The SMILES string of the molecule is CCC(NSC(C)(C)C)c1cccc(Cl)c1. The summed E-state index contributed by atoms with van der Waals surface area (Å²) in [5.74, 6) is 0. The van der Waals surface area contributed by atoms with Crippen LogP contribution in [-0.4, -0.2) is 4.75 Å². The van der Waals surface area contributed by atoms with Crippen molar-refractivity contribution in [3.8, 4) is 0 Å². The van der Waals surface area contributed by atoms with Crippen molar-refractivity contribution in [2.24, 2.45) is 0 Å². The molecule has 1 atom stereocenters. The molecule has 0 amide bonds. The summed E-state index contributed by atoms with van der Waals surface area (Å²) < 4.78 is 3.74. The molecule has 1 unspecified atom stereocenters. The first-order valence-electron chi connectivity index (χ1n) is 5.61. The predicted octanol–water partition coefficient (Wildman–Crippen LogP) is 4.83. The third-order valence-electron chi connectivity index (χ3n) is 2.17. The van der Waals surface area contributed by atoms with Crippen molar-refractivity contribution in [3.05, 3.63) is 34.9 Å². The summed E-state index contributed by atoms with van der Waals surface area (Å²) in [5, 5.41) is 0.804. The third kappa shape index (κ3) is 4.77. The van der Waals surface area contributed by atoms with Crippen molar-refractivity contribution in [2.45, 2.75) is 44.9 Å². The molecule has 0 aliphatic carbocycles. The van der Waals surface area contributed by atoms with Gasteiger partial charge < -0.3 is 0 Å². The van der Waals surface area contributed by atoms with Crippen molar-refractivity contribution in [2.75, 3.05) is 0 Å². The van der Waals surface area contributed by atoms with E-state index in [9.17, 15) is 0 Å². The van der Waals surface area contributed by atoms with Crippen LogP contribution >= 0.6 is 23.5 Å². The van der Waals surface area contributed by atoms with E-state index in [0.29, 0.717) is 6.04 Å². The monoisotopic (exact) mass is 257 g/mol. The summed E-state index contributed by atoms with van der Waals surface area (Å²) >= 11 is 7.78. The molecule has 0 aliphatic heterocycles. The zero-order valence-electron chi connectivity index (χ0n) is 10.4. The predicted molar refractivity (Wildman–Crippen MR) is 75.0 cm³/mol. The van der Waals surface area contributed by atoms with Gasteiger partial charge in [0.15, 0.2) is 0 Å². The molecule has 1 aromatic carbocycles. The molecule has 0 radical (unpaired) electrons. The molecule has 3 heteroatoms. The molecule has 1 nitrogen and oxygen atoms in total. The molecule has 1 rings (SSSR count). The molecule has 0 saturated heterocycles. The van der Waals surface area contributed by atoms with E-state index in [4.69, 9.17) is 11.6 Å². The van der Waals surface area contributed by atoms with Crippen LogP contribution in [0.25, 0.3) is 0 Å². The Morgan fingerprint density at radius 2 is 2.06 bits per heavy atom. The van der Waals surface area contributed by atoms with Gasteiger partial charge in [-0.15, -0.1) is 0 Å². The minimum absolute atomic E-state index is 0.228. The lowest BCUT2D eigenvalue weighted by Crippen LogP contribution is -2.21. The second-order valence-electron chi connectivity index (χ2n) is 4.85. The summed E-state index contributed by atoms with van der Waals surface area (Å²) in [6.07, 6.45) is 1.06. The minimum Gasteiger partial charge on any atom is -0.256 e. The molecule has 0 heterocycles. The molecule has 0 bridgehead atoms. The van der Waals surface area contributed by atoms with E-state index in [1.807, 2.05) is 18.2 Å². The van der Waals surface area contributed by atoms with Crippen LogP contribution in [-0.2, 0) is 0 Å². The average molecular weight is 258 g/mol. The smallest absolute Gasteiger partial charge is 0.0419 e. The van der Waals surface area contributed by atoms with Gasteiger partial charge in [0.25, 0.3) is 0 Å². The Hall–Kier alpha value is -0.180. The van der Waals surface area contributed by atoms with Crippen LogP contribution in [0, 0.1) is 0 Å². The topological polar surface area (TPSA) is 12.0 Å². The van der Waals surface area contributed by atoms with E-state index >= 15 is 0 Å². The fourth-order valence-corrected chi connectivity index (χ4v) is 2.36. The maximum absolute atomic E-state index is 6.00. The van der Waals surface area contributed by atoms with Crippen molar-refractivity contribution in [1.82, 2.24) is 4.72 Å². The Morgan fingerprint density at radius 3 is 2.56 bits per heavy atom. The average Bonchev–Trinajstić information content (AvgIpc) is 2.17. The van der Waals surface area contributed by atoms with Crippen molar-refractivity contribution < 1.29 is 0 Å². The zero-order chi connectivity index (χ0) is 12.2. The maximum Gasteiger partial charge on any atom is 0.0419 e. The largest absolute Gasteiger partial charge is 0.256 e. The quantitative estimate of drug-likeness (QED) is 0.776. The van der Waals surface area contributed by atoms with Crippen LogP contribution < -0.4 is 4.72 Å². The Kier molecular flexibility index (Phi) is 5.16. The maximum atomic E-state index is 6.00. The molecule has 0 aromatic heterocycles. The highest BCUT2D eigenvalue weighted by molar-refractivity contribution is 7.98. The number of hydrogen-bond donors (Lipinski definition) is 1. The van der Waals surface area contributed by atoms with Crippen LogP contribution in [0.4, 0.5) is 0 Å². The first-order valence-corrected chi connectivity index (χ1v) is 6.81. The van der Waals surface area contributed by atoms with Crippen molar-refractivity contribution >= 4 is 23.5 Å². The fraction of sp³-hybridized carbons (Fsp3) is 0.538. The van der Waals surface area contributed by atoms with E-state index in [1.54, 1.807) is 11.9 Å². The molecule has 16 heavy (non-hydrogen) atoms. The first-order chi connectivity index (χ1) is 7.42. The van der Waals surface area contributed by atoms with Gasteiger partial charge in [-0.3, -0.25) is 4.72 Å². The van der Waals surface area contributed by atoms with E-state index in [2.05, 4.69) is 38.5 Å². The van der Waals surface area contributed by atoms with Gasteiger partial charge in [0.1, 0.15) is 0 Å². The van der Waals surface area contributed by atoms with Gasteiger partial charge in [0, 0.05) is 15.8 Å². The van der Waals surface area contributed by atoms with Crippen LogP contribution in [0.5, 0.6) is 0 Å². The summed E-state index contributed by atoms with van der Waals surface area (Å²) in [5.41, 5.74) is 1.26. The Labute approximate surface area is 108 Å². The second kappa shape index (κ2) is 5.95. The van der Waals surface area contributed by atoms with Gasteiger partial charge in [0.2, 0.25) is 0 Å². The highest BCUT2D eigenvalue weighted by atomic mass is 35.5. The number of halogens is 1. The van der Waals surface area contributed by atoms with Crippen LogP contribution in [0.15, 0.2) is 24.3 Å². The number of hydrogen-bond acceptors (Lipinski definition) is 2. The minimum atomic E-state index is 0.228. The standard InChI is InChI=1S/C13H20ClNS/c1-5-12(15-16-13(2,3)4)10-7-6-8-11(14)9-10/h6-9,12,15H,5H2,1-4H3. The van der Waals surface area contributed by atoms with Crippen molar-refractivity contribution in [1.29, 1.82) is 0 Å².